The Morgan fingerprint density at radius 2 is 2.33 bits per heavy atom. The summed E-state index contributed by atoms with van der Waals surface area (Å²) in [6.45, 7) is 6.44. The van der Waals surface area contributed by atoms with E-state index in [1.807, 2.05) is 0 Å². The van der Waals surface area contributed by atoms with Gasteiger partial charge in [-0.05, 0) is 26.7 Å². The van der Waals surface area contributed by atoms with Gasteiger partial charge in [0, 0.05) is 25.2 Å². The molecule has 4 nitrogen and oxygen atoms in total. The van der Waals surface area contributed by atoms with Gasteiger partial charge in [0.25, 0.3) is 0 Å². The van der Waals surface area contributed by atoms with E-state index in [1.165, 1.54) is 0 Å². The molecule has 0 aromatic heterocycles. The second-order valence-electron chi connectivity index (χ2n) is 4.35. The fourth-order valence-electron chi connectivity index (χ4n) is 2.07. The van der Waals surface area contributed by atoms with Crippen LogP contribution in [0.5, 0.6) is 0 Å². The quantitative estimate of drug-likeness (QED) is 0.752. The van der Waals surface area contributed by atoms with Gasteiger partial charge in [0.1, 0.15) is 0 Å². The molecule has 0 spiro atoms. The fraction of sp³-hybridized carbons (Fsp3) is 0.909. The van der Waals surface area contributed by atoms with Crippen molar-refractivity contribution in [3.8, 4) is 0 Å². The maximum absolute atomic E-state index is 10.6. The van der Waals surface area contributed by atoms with Crippen molar-refractivity contribution in [2.45, 2.75) is 45.2 Å². The first-order valence-corrected chi connectivity index (χ1v) is 5.66. The van der Waals surface area contributed by atoms with Gasteiger partial charge in [-0.15, -0.1) is 0 Å². The number of hydrogen-bond donors (Lipinski definition) is 1. The monoisotopic (exact) mass is 215 g/mol. The van der Waals surface area contributed by atoms with Crippen LogP contribution in [0.15, 0.2) is 0 Å². The highest BCUT2D eigenvalue weighted by Gasteiger charge is 2.23. The van der Waals surface area contributed by atoms with E-state index in [9.17, 15) is 4.79 Å². The predicted octanol–water partition coefficient (Wildman–Crippen LogP) is 1.35. The summed E-state index contributed by atoms with van der Waals surface area (Å²) in [4.78, 5) is 12.8. The molecule has 1 aliphatic rings. The molecule has 4 heteroatoms. The van der Waals surface area contributed by atoms with Gasteiger partial charge in [0.15, 0.2) is 0 Å². The van der Waals surface area contributed by atoms with Crippen LogP contribution in [0, 0.1) is 0 Å². The van der Waals surface area contributed by atoms with Crippen LogP contribution >= 0.6 is 0 Å². The van der Waals surface area contributed by atoms with Crippen molar-refractivity contribution in [1.29, 1.82) is 0 Å². The molecule has 1 N–H and O–H groups in total. The van der Waals surface area contributed by atoms with Crippen molar-refractivity contribution in [1.82, 2.24) is 4.90 Å². The Labute approximate surface area is 91.2 Å². The molecular formula is C11H21NO3. The van der Waals surface area contributed by atoms with E-state index < -0.39 is 5.97 Å². The largest absolute Gasteiger partial charge is 0.481 e. The molecular weight excluding hydrogens is 194 g/mol. The molecule has 1 atom stereocenters. The van der Waals surface area contributed by atoms with E-state index >= 15 is 0 Å². The van der Waals surface area contributed by atoms with E-state index in [4.69, 9.17) is 9.84 Å². The molecule has 15 heavy (non-hydrogen) atoms. The van der Waals surface area contributed by atoms with E-state index in [2.05, 4.69) is 18.7 Å². The zero-order valence-electron chi connectivity index (χ0n) is 9.61. The average molecular weight is 215 g/mol. The van der Waals surface area contributed by atoms with E-state index in [-0.39, 0.29) is 6.42 Å². The van der Waals surface area contributed by atoms with Crippen molar-refractivity contribution in [2.24, 2.45) is 0 Å². The Kier molecular flexibility index (Phi) is 5.05. The lowest BCUT2D eigenvalue weighted by atomic mass is 10.1. The van der Waals surface area contributed by atoms with Gasteiger partial charge in [0.2, 0.25) is 0 Å². The molecule has 1 heterocycles. The summed E-state index contributed by atoms with van der Waals surface area (Å²) in [5.41, 5.74) is 0. The smallest absolute Gasteiger partial charge is 0.304 e. The highest BCUT2D eigenvalue weighted by atomic mass is 16.5. The first-order valence-electron chi connectivity index (χ1n) is 5.66. The second kappa shape index (κ2) is 6.08. The molecule has 0 amide bonds. The van der Waals surface area contributed by atoms with E-state index in [1.54, 1.807) is 0 Å². The third-order valence-corrected chi connectivity index (χ3v) is 2.85. The fourth-order valence-corrected chi connectivity index (χ4v) is 2.07. The predicted molar refractivity (Wildman–Crippen MR) is 57.9 cm³/mol. The van der Waals surface area contributed by atoms with Gasteiger partial charge in [-0.3, -0.25) is 9.69 Å². The molecule has 0 aromatic rings. The van der Waals surface area contributed by atoms with Crippen LogP contribution in [0.1, 0.15) is 33.1 Å². The molecule has 0 aliphatic carbocycles. The standard InChI is InChI=1S/C11H21NO3/c1-9(2)12(6-5-11(13)14)10-4-3-7-15-8-10/h9-10H,3-8H2,1-2H3,(H,13,14). The Hall–Kier alpha value is -0.610. The van der Waals surface area contributed by atoms with E-state index in [0.717, 1.165) is 26.1 Å². The van der Waals surface area contributed by atoms with Crippen LogP contribution in [0.2, 0.25) is 0 Å². The zero-order valence-corrected chi connectivity index (χ0v) is 9.61. The molecule has 0 radical (unpaired) electrons. The van der Waals surface area contributed by atoms with Crippen LogP contribution in [-0.4, -0.2) is 47.8 Å². The van der Waals surface area contributed by atoms with Gasteiger partial charge in [-0.1, -0.05) is 0 Å². The summed E-state index contributed by atoms with van der Waals surface area (Å²) in [5, 5.41) is 8.68. The lowest BCUT2D eigenvalue weighted by Gasteiger charge is -2.36. The summed E-state index contributed by atoms with van der Waals surface area (Å²) in [7, 11) is 0. The van der Waals surface area contributed by atoms with Crippen molar-refractivity contribution in [3.05, 3.63) is 0 Å². The Morgan fingerprint density at radius 3 is 2.80 bits per heavy atom. The Balaban J connectivity index is 2.44. The normalized spacial score (nSPS) is 22.3. The molecule has 1 aliphatic heterocycles. The summed E-state index contributed by atoms with van der Waals surface area (Å²) < 4.78 is 5.43. The van der Waals surface area contributed by atoms with Gasteiger partial charge in [-0.25, -0.2) is 0 Å². The first kappa shape index (κ1) is 12.5. The Bertz CT molecular complexity index is 200. The molecule has 1 unspecified atom stereocenters. The number of hydrogen-bond acceptors (Lipinski definition) is 3. The maximum Gasteiger partial charge on any atom is 0.304 e. The molecule has 1 rings (SSSR count). The van der Waals surface area contributed by atoms with Crippen LogP contribution in [0.4, 0.5) is 0 Å². The topological polar surface area (TPSA) is 49.8 Å². The molecule has 1 saturated heterocycles. The van der Waals surface area contributed by atoms with Crippen molar-refractivity contribution < 1.29 is 14.6 Å². The summed E-state index contributed by atoms with van der Waals surface area (Å²) >= 11 is 0. The SMILES string of the molecule is CC(C)N(CCC(=O)O)C1CCCOC1. The van der Waals surface area contributed by atoms with Crippen molar-refractivity contribution in [3.63, 3.8) is 0 Å². The highest BCUT2D eigenvalue weighted by molar-refractivity contribution is 5.66. The van der Waals surface area contributed by atoms with E-state index in [0.29, 0.717) is 18.6 Å². The second-order valence-corrected chi connectivity index (χ2v) is 4.35. The lowest BCUT2D eigenvalue weighted by Crippen LogP contribution is -2.45. The number of aliphatic carboxylic acids is 1. The summed E-state index contributed by atoms with van der Waals surface area (Å²) in [6, 6.07) is 0.786. The lowest BCUT2D eigenvalue weighted by molar-refractivity contribution is -0.137. The first-order chi connectivity index (χ1) is 7.11. The highest BCUT2D eigenvalue weighted by Crippen LogP contribution is 2.16. The average Bonchev–Trinajstić information content (AvgIpc) is 2.18. The van der Waals surface area contributed by atoms with Crippen LogP contribution < -0.4 is 0 Å². The number of ether oxygens (including phenoxy) is 1. The van der Waals surface area contributed by atoms with Crippen molar-refractivity contribution >= 4 is 5.97 Å². The third-order valence-electron chi connectivity index (χ3n) is 2.85. The van der Waals surface area contributed by atoms with Crippen LogP contribution in [0.25, 0.3) is 0 Å². The molecule has 88 valence electrons. The van der Waals surface area contributed by atoms with Gasteiger partial charge < -0.3 is 9.84 Å². The molecule has 1 fully saturated rings. The molecule has 0 aromatic carbocycles. The minimum Gasteiger partial charge on any atom is -0.481 e. The minimum atomic E-state index is -0.725. The number of carboxylic acids is 1. The third kappa shape index (κ3) is 4.18. The minimum absolute atomic E-state index is 0.217. The number of nitrogens with zero attached hydrogens (tertiary/aromatic N) is 1. The zero-order chi connectivity index (χ0) is 11.3. The summed E-state index contributed by atoms with van der Waals surface area (Å²) in [6.07, 6.45) is 2.42. The Morgan fingerprint density at radius 1 is 1.60 bits per heavy atom. The van der Waals surface area contributed by atoms with Gasteiger partial charge >= 0.3 is 5.97 Å². The molecule has 0 bridgehead atoms. The van der Waals surface area contributed by atoms with Gasteiger partial charge in [-0.2, -0.15) is 0 Å². The molecule has 0 saturated carbocycles. The number of carboxylic acid groups (broad SMARTS) is 1. The maximum atomic E-state index is 10.6. The summed E-state index contributed by atoms with van der Waals surface area (Å²) in [5.74, 6) is -0.725. The van der Waals surface area contributed by atoms with Crippen LogP contribution in [0.3, 0.4) is 0 Å². The number of carbonyl (C=O) groups is 1. The van der Waals surface area contributed by atoms with Crippen molar-refractivity contribution in [2.75, 3.05) is 19.8 Å². The van der Waals surface area contributed by atoms with Crippen LogP contribution in [-0.2, 0) is 9.53 Å². The number of rotatable bonds is 5. The van der Waals surface area contributed by atoms with Gasteiger partial charge in [0.05, 0.1) is 13.0 Å².